The molecule has 0 amide bonds. The lowest BCUT2D eigenvalue weighted by Crippen LogP contribution is -2.00. The van der Waals surface area contributed by atoms with Crippen molar-refractivity contribution in [1.82, 2.24) is 0 Å². The summed E-state index contributed by atoms with van der Waals surface area (Å²) in [5.41, 5.74) is 2.94. The first-order valence-corrected chi connectivity index (χ1v) is 8.56. The minimum Gasteiger partial charge on any atom is -0.488 e. The Morgan fingerprint density at radius 3 is 2.81 bits per heavy atom. The van der Waals surface area contributed by atoms with Crippen LogP contribution in [0.1, 0.15) is 20.3 Å². The van der Waals surface area contributed by atoms with Crippen molar-refractivity contribution < 1.29 is 18.3 Å². The number of hydrogen-bond acceptors (Lipinski definition) is 5. The Morgan fingerprint density at radius 1 is 1.23 bits per heavy atom. The van der Waals surface area contributed by atoms with E-state index >= 15 is 0 Å². The Hall–Kier alpha value is -2.79. The maximum Gasteiger partial charge on any atom is 0.336 e. The number of ether oxygens (including phenoxy) is 2. The quantitative estimate of drug-likeness (QED) is 0.368. The lowest BCUT2D eigenvalue weighted by atomic mass is 10.1. The average Bonchev–Trinajstić information content (AvgIpc) is 3.20. The Morgan fingerprint density at radius 2 is 2.04 bits per heavy atom. The minimum atomic E-state index is -0.401. The predicted molar refractivity (Wildman–Crippen MR) is 99.6 cm³/mol. The predicted octanol–water partition coefficient (Wildman–Crippen LogP) is 4.60. The van der Waals surface area contributed by atoms with Gasteiger partial charge in [-0.3, -0.25) is 0 Å². The van der Waals surface area contributed by atoms with E-state index < -0.39 is 5.63 Å². The smallest absolute Gasteiger partial charge is 0.336 e. The maximum absolute atomic E-state index is 11.5. The van der Waals surface area contributed by atoms with E-state index in [0.717, 1.165) is 22.8 Å². The Labute approximate surface area is 150 Å². The molecule has 0 bridgehead atoms. The second kappa shape index (κ2) is 6.50. The highest BCUT2D eigenvalue weighted by molar-refractivity contribution is 6.01. The fraction of sp³-hybridized carbons (Fsp3) is 0.286. The van der Waals surface area contributed by atoms with Gasteiger partial charge in [0.05, 0.1) is 23.1 Å². The van der Waals surface area contributed by atoms with Crippen molar-refractivity contribution in [3.63, 3.8) is 0 Å². The summed E-state index contributed by atoms with van der Waals surface area (Å²) in [5, 5.41) is 1.60. The maximum atomic E-state index is 11.5. The average molecular weight is 352 g/mol. The van der Waals surface area contributed by atoms with Crippen LogP contribution in [0.5, 0.6) is 5.75 Å². The SMILES string of the molecule is C=C(C)[C@H]1O[C@@H]1CC(C)=CCOc1c2ccoc2cc2oc(=O)ccc12. The van der Waals surface area contributed by atoms with Crippen LogP contribution in [0.4, 0.5) is 0 Å². The zero-order chi connectivity index (χ0) is 18.3. The molecule has 2 atom stereocenters. The van der Waals surface area contributed by atoms with Gasteiger partial charge in [0.15, 0.2) is 0 Å². The first kappa shape index (κ1) is 16.7. The second-order valence-corrected chi connectivity index (χ2v) is 6.71. The summed E-state index contributed by atoms with van der Waals surface area (Å²) in [6.45, 7) is 8.39. The highest BCUT2D eigenvalue weighted by atomic mass is 16.6. The zero-order valence-electron chi connectivity index (χ0n) is 14.8. The van der Waals surface area contributed by atoms with Gasteiger partial charge >= 0.3 is 5.63 Å². The van der Waals surface area contributed by atoms with Gasteiger partial charge in [0.1, 0.15) is 29.6 Å². The van der Waals surface area contributed by atoms with Gasteiger partial charge in [0.2, 0.25) is 0 Å². The van der Waals surface area contributed by atoms with Crippen LogP contribution < -0.4 is 10.4 Å². The monoisotopic (exact) mass is 352 g/mol. The molecule has 0 saturated carbocycles. The van der Waals surface area contributed by atoms with Crippen LogP contribution in [0, 0.1) is 0 Å². The van der Waals surface area contributed by atoms with Crippen LogP contribution in [-0.2, 0) is 4.74 Å². The summed E-state index contributed by atoms with van der Waals surface area (Å²) in [7, 11) is 0. The first-order chi connectivity index (χ1) is 12.5. The molecule has 1 aromatic carbocycles. The molecule has 2 aromatic heterocycles. The van der Waals surface area contributed by atoms with E-state index in [2.05, 4.69) is 13.5 Å². The van der Waals surface area contributed by atoms with Crippen molar-refractivity contribution in [1.29, 1.82) is 0 Å². The Kier molecular flexibility index (Phi) is 4.17. The second-order valence-electron chi connectivity index (χ2n) is 6.71. The van der Waals surface area contributed by atoms with Crippen LogP contribution in [0.2, 0.25) is 0 Å². The molecule has 1 fully saturated rings. The standard InChI is InChI=1S/C21H20O5/c1-12(2)20-18(26-20)10-13(3)6-8-24-21-14-4-5-19(22)25-17(14)11-16-15(21)7-9-23-16/h4-7,9,11,18,20H,1,8,10H2,2-3H3/t18-,20-/m1/s1. The van der Waals surface area contributed by atoms with Gasteiger partial charge < -0.3 is 18.3 Å². The molecule has 134 valence electrons. The number of epoxide rings is 1. The lowest BCUT2D eigenvalue weighted by molar-refractivity contribution is 0.366. The van der Waals surface area contributed by atoms with Gasteiger partial charge in [-0.25, -0.2) is 4.79 Å². The van der Waals surface area contributed by atoms with Gasteiger partial charge in [-0.2, -0.15) is 0 Å². The van der Waals surface area contributed by atoms with Crippen LogP contribution in [0.3, 0.4) is 0 Å². The van der Waals surface area contributed by atoms with E-state index in [4.69, 9.17) is 18.3 Å². The van der Waals surface area contributed by atoms with Gasteiger partial charge in [-0.05, 0) is 44.1 Å². The van der Waals surface area contributed by atoms with Crippen LogP contribution in [0.25, 0.3) is 21.9 Å². The molecule has 26 heavy (non-hydrogen) atoms. The lowest BCUT2D eigenvalue weighted by Gasteiger charge is -2.09. The minimum absolute atomic E-state index is 0.186. The van der Waals surface area contributed by atoms with E-state index in [0.29, 0.717) is 23.5 Å². The molecule has 1 saturated heterocycles. The summed E-state index contributed by atoms with van der Waals surface area (Å²) in [6, 6.07) is 6.67. The highest BCUT2D eigenvalue weighted by Gasteiger charge is 2.38. The van der Waals surface area contributed by atoms with Gasteiger partial charge in [-0.15, -0.1) is 0 Å². The van der Waals surface area contributed by atoms with Crippen molar-refractivity contribution >= 4 is 21.9 Å². The molecule has 5 nitrogen and oxygen atoms in total. The van der Waals surface area contributed by atoms with Gasteiger partial charge in [0, 0.05) is 12.1 Å². The van der Waals surface area contributed by atoms with E-state index in [1.54, 1.807) is 18.4 Å². The van der Waals surface area contributed by atoms with Crippen LogP contribution >= 0.6 is 0 Å². The third-order valence-corrected chi connectivity index (χ3v) is 4.56. The molecule has 0 N–H and O–H groups in total. The highest BCUT2D eigenvalue weighted by Crippen LogP contribution is 2.35. The summed E-state index contributed by atoms with van der Waals surface area (Å²) < 4.78 is 22.3. The number of rotatable bonds is 6. The van der Waals surface area contributed by atoms with E-state index in [-0.39, 0.29) is 12.2 Å². The van der Waals surface area contributed by atoms with Crippen molar-refractivity contribution in [3.05, 3.63) is 64.7 Å². The summed E-state index contributed by atoms with van der Waals surface area (Å²) >= 11 is 0. The molecule has 0 radical (unpaired) electrons. The normalized spacial score (nSPS) is 19.8. The third kappa shape index (κ3) is 3.18. The largest absolute Gasteiger partial charge is 0.488 e. The first-order valence-electron chi connectivity index (χ1n) is 8.56. The zero-order valence-corrected chi connectivity index (χ0v) is 14.8. The summed E-state index contributed by atoms with van der Waals surface area (Å²) in [5.74, 6) is 0.654. The van der Waals surface area contributed by atoms with Crippen LogP contribution in [0.15, 0.2) is 68.0 Å². The van der Waals surface area contributed by atoms with Gasteiger partial charge in [-0.1, -0.05) is 12.2 Å². The van der Waals surface area contributed by atoms with Crippen molar-refractivity contribution in [3.8, 4) is 5.75 Å². The van der Waals surface area contributed by atoms with Gasteiger partial charge in [0.25, 0.3) is 0 Å². The molecule has 0 spiro atoms. The fourth-order valence-corrected chi connectivity index (χ4v) is 3.17. The topological polar surface area (TPSA) is 65.1 Å². The number of fused-ring (bicyclic) bond motifs is 2. The molecule has 0 unspecified atom stereocenters. The molecule has 5 heteroatoms. The molecule has 3 heterocycles. The van der Waals surface area contributed by atoms with Crippen molar-refractivity contribution in [2.24, 2.45) is 0 Å². The number of furan rings is 1. The molecule has 1 aliphatic rings. The number of benzene rings is 1. The van der Waals surface area contributed by atoms with Crippen molar-refractivity contribution in [2.45, 2.75) is 32.5 Å². The number of hydrogen-bond donors (Lipinski definition) is 0. The van der Waals surface area contributed by atoms with E-state index in [1.165, 1.54) is 11.6 Å². The molecular weight excluding hydrogens is 332 g/mol. The van der Waals surface area contributed by atoms with E-state index in [1.807, 2.05) is 19.1 Å². The Bertz CT molecular complexity index is 1070. The molecule has 4 rings (SSSR count). The molecule has 0 aliphatic carbocycles. The summed E-state index contributed by atoms with van der Waals surface area (Å²) in [6.07, 6.45) is 4.92. The molecular formula is C21H20O5. The molecule has 1 aliphatic heterocycles. The third-order valence-electron chi connectivity index (χ3n) is 4.56. The van der Waals surface area contributed by atoms with E-state index in [9.17, 15) is 4.79 Å². The molecule has 3 aromatic rings. The Balaban J connectivity index is 1.54. The van der Waals surface area contributed by atoms with Crippen LogP contribution in [-0.4, -0.2) is 18.8 Å². The summed E-state index contributed by atoms with van der Waals surface area (Å²) in [4.78, 5) is 11.5. The fourth-order valence-electron chi connectivity index (χ4n) is 3.17. The van der Waals surface area contributed by atoms with Crippen molar-refractivity contribution in [2.75, 3.05) is 6.61 Å².